The molecule has 0 aliphatic heterocycles. The highest BCUT2D eigenvalue weighted by atomic mass is 15.3. The molecule has 0 fully saturated rings. The number of aliphatic imine (C=N–C) groups is 1. The molecule has 0 unspecified atom stereocenters. The van der Waals surface area contributed by atoms with Gasteiger partial charge in [-0.25, -0.2) is 10.8 Å². The van der Waals surface area contributed by atoms with Crippen LogP contribution in [0, 0.1) is 6.92 Å². The second-order valence-corrected chi connectivity index (χ2v) is 4.96. The van der Waals surface area contributed by atoms with E-state index in [0.29, 0.717) is 5.96 Å². The van der Waals surface area contributed by atoms with E-state index in [9.17, 15) is 0 Å². The number of nitrogens with two attached hydrogens (primary N) is 1. The molecule has 0 amide bonds. The molecule has 0 atom stereocenters. The Morgan fingerprint density at radius 2 is 1.81 bits per heavy atom. The van der Waals surface area contributed by atoms with Gasteiger partial charge in [0.2, 0.25) is 5.96 Å². The van der Waals surface area contributed by atoms with E-state index in [1.165, 1.54) is 5.56 Å². The standard InChI is InChI=1S/C16H21N5/c1-12-9-10-14(11-15(12)21(2)3)19-16(20-17)18-13-7-5-4-6-8-13/h4-11H,17H2,1-3H3,(H2,18,19,20). The zero-order valence-electron chi connectivity index (χ0n) is 12.6. The predicted octanol–water partition coefficient (Wildman–Crippen LogP) is 2.62. The van der Waals surface area contributed by atoms with Gasteiger partial charge in [-0.1, -0.05) is 24.3 Å². The van der Waals surface area contributed by atoms with Crippen LogP contribution in [0.1, 0.15) is 5.56 Å². The molecule has 4 N–H and O–H groups in total. The molecule has 2 rings (SSSR count). The zero-order valence-corrected chi connectivity index (χ0v) is 12.6. The van der Waals surface area contributed by atoms with Gasteiger partial charge in [0, 0.05) is 25.5 Å². The molecule has 0 aliphatic carbocycles. The number of nitrogens with zero attached hydrogens (tertiary/aromatic N) is 2. The van der Waals surface area contributed by atoms with E-state index in [-0.39, 0.29) is 0 Å². The largest absolute Gasteiger partial charge is 0.377 e. The zero-order chi connectivity index (χ0) is 15.2. The van der Waals surface area contributed by atoms with Gasteiger partial charge in [0.15, 0.2) is 0 Å². The average molecular weight is 283 g/mol. The van der Waals surface area contributed by atoms with Crippen LogP contribution in [0.4, 0.5) is 17.1 Å². The van der Waals surface area contributed by atoms with E-state index >= 15 is 0 Å². The van der Waals surface area contributed by atoms with E-state index in [1.807, 2.05) is 50.5 Å². The first kappa shape index (κ1) is 14.9. The maximum Gasteiger partial charge on any atom is 0.215 e. The summed E-state index contributed by atoms with van der Waals surface area (Å²) in [4.78, 5) is 6.50. The molecule has 0 bridgehead atoms. The number of hydrogen-bond acceptors (Lipinski definition) is 3. The van der Waals surface area contributed by atoms with Gasteiger partial charge in [-0.2, -0.15) is 0 Å². The van der Waals surface area contributed by atoms with Crippen molar-refractivity contribution < 1.29 is 0 Å². The van der Waals surface area contributed by atoms with E-state index in [1.54, 1.807) is 0 Å². The third kappa shape index (κ3) is 3.97. The molecule has 110 valence electrons. The number of benzene rings is 2. The molecule has 0 saturated heterocycles. The van der Waals surface area contributed by atoms with Crippen molar-refractivity contribution in [3.63, 3.8) is 0 Å². The van der Waals surface area contributed by atoms with E-state index < -0.39 is 0 Å². The second kappa shape index (κ2) is 6.76. The molecule has 0 spiro atoms. The van der Waals surface area contributed by atoms with Crippen molar-refractivity contribution in [1.29, 1.82) is 0 Å². The van der Waals surface area contributed by atoms with Gasteiger partial charge >= 0.3 is 0 Å². The van der Waals surface area contributed by atoms with Gasteiger partial charge in [-0.05, 0) is 36.8 Å². The van der Waals surface area contributed by atoms with Gasteiger partial charge in [-0.15, -0.1) is 0 Å². The number of hydrazine groups is 1. The number of hydrogen-bond donors (Lipinski definition) is 3. The van der Waals surface area contributed by atoms with Crippen LogP contribution in [0.3, 0.4) is 0 Å². The summed E-state index contributed by atoms with van der Waals surface area (Å²) in [5.41, 5.74) is 6.71. The van der Waals surface area contributed by atoms with Crippen LogP contribution in [0.5, 0.6) is 0 Å². The Labute approximate surface area is 125 Å². The summed E-state index contributed by atoms with van der Waals surface area (Å²) in [6.45, 7) is 2.08. The summed E-state index contributed by atoms with van der Waals surface area (Å²) in [7, 11) is 4.04. The number of anilines is 2. The lowest BCUT2D eigenvalue weighted by atomic mass is 10.1. The van der Waals surface area contributed by atoms with Crippen LogP contribution in [0.25, 0.3) is 0 Å². The Morgan fingerprint density at radius 1 is 1.10 bits per heavy atom. The number of guanidine groups is 1. The molecule has 21 heavy (non-hydrogen) atoms. The van der Waals surface area contributed by atoms with Crippen LogP contribution in [-0.4, -0.2) is 20.1 Å². The molecular weight excluding hydrogens is 262 g/mol. The fraction of sp³-hybridized carbons (Fsp3) is 0.188. The minimum Gasteiger partial charge on any atom is -0.377 e. The van der Waals surface area contributed by atoms with E-state index in [0.717, 1.165) is 17.1 Å². The maximum atomic E-state index is 5.54. The van der Waals surface area contributed by atoms with Crippen molar-refractivity contribution in [2.45, 2.75) is 6.92 Å². The smallest absolute Gasteiger partial charge is 0.215 e. The maximum absolute atomic E-state index is 5.54. The lowest BCUT2D eigenvalue weighted by Gasteiger charge is -2.17. The number of rotatable bonds is 3. The van der Waals surface area contributed by atoms with Gasteiger partial charge in [0.05, 0.1) is 5.69 Å². The Balaban J connectivity index is 2.23. The van der Waals surface area contributed by atoms with Gasteiger partial charge in [0.25, 0.3) is 0 Å². The Morgan fingerprint density at radius 3 is 2.43 bits per heavy atom. The van der Waals surface area contributed by atoms with Gasteiger partial charge < -0.3 is 10.2 Å². The molecule has 2 aromatic rings. The fourth-order valence-corrected chi connectivity index (χ4v) is 2.03. The van der Waals surface area contributed by atoms with Crippen LogP contribution in [-0.2, 0) is 0 Å². The highest BCUT2D eigenvalue weighted by Crippen LogP contribution is 2.22. The fourth-order valence-electron chi connectivity index (χ4n) is 2.03. The molecule has 0 saturated carbocycles. The monoisotopic (exact) mass is 283 g/mol. The highest BCUT2D eigenvalue weighted by Gasteiger charge is 2.04. The third-order valence-corrected chi connectivity index (χ3v) is 3.09. The Bertz CT molecular complexity index is 620. The highest BCUT2D eigenvalue weighted by molar-refractivity contribution is 5.95. The molecule has 5 heteroatoms. The van der Waals surface area contributed by atoms with Crippen molar-refractivity contribution in [3.05, 3.63) is 54.1 Å². The van der Waals surface area contributed by atoms with Crippen molar-refractivity contribution >= 4 is 23.0 Å². The average Bonchev–Trinajstić information content (AvgIpc) is 2.49. The minimum atomic E-state index is 0.495. The van der Waals surface area contributed by atoms with E-state index in [4.69, 9.17) is 5.84 Å². The molecular formula is C16H21N5. The molecule has 0 aromatic heterocycles. The summed E-state index contributed by atoms with van der Waals surface area (Å²) < 4.78 is 0. The first-order chi connectivity index (χ1) is 10.1. The van der Waals surface area contributed by atoms with Crippen LogP contribution in [0.15, 0.2) is 53.5 Å². The Kier molecular flexibility index (Phi) is 4.79. The topological polar surface area (TPSA) is 65.7 Å². The quantitative estimate of drug-likeness (QED) is 0.351. The summed E-state index contributed by atoms with van der Waals surface area (Å²) in [5.74, 6) is 6.04. The van der Waals surface area contributed by atoms with Crippen LogP contribution in [0.2, 0.25) is 0 Å². The SMILES string of the molecule is Cc1ccc(NC(=Nc2ccccc2)NN)cc1N(C)C. The van der Waals surface area contributed by atoms with E-state index in [2.05, 4.69) is 39.7 Å². The number of nitrogens with one attached hydrogen (secondary N) is 2. The van der Waals surface area contributed by atoms with Gasteiger partial charge in [-0.3, -0.25) is 5.43 Å². The molecule has 0 radical (unpaired) electrons. The van der Waals surface area contributed by atoms with Crippen molar-refractivity contribution in [1.82, 2.24) is 5.43 Å². The molecule has 5 nitrogen and oxygen atoms in total. The minimum absolute atomic E-state index is 0.495. The van der Waals surface area contributed by atoms with Crippen LogP contribution >= 0.6 is 0 Å². The number of aryl methyl sites for hydroxylation is 1. The molecule has 0 heterocycles. The van der Waals surface area contributed by atoms with Crippen LogP contribution < -0.4 is 21.5 Å². The summed E-state index contributed by atoms with van der Waals surface area (Å²) >= 11 is 0. The summed E-state index contributed by atoms with van der Waals surface area (Å²) in [6.07, 6.45) is 0. The van der Waals surface area contributed by atoms with Crippen molar-refractivity contribution in [2.24, 2.45) is 10.8 Å². The third-order valence-electron chi connectivity index (χ3n) is 3.09. The first-order valence-corrected chi connectivity index (χ1v) is 6.75. The number of para-hydroxylation sites is 1. The van der Waals surface area contributed by atoms with Crippen molar-refractivity contribution in [2.75, 3.05) is 24.3 Å². The summed E-state index contributed by atoms with van der Waals surface area (Å²) in [5, 5.41) is 3.19. The molecule has 0 aliphatic rings. The lowest BCUT2D eigenvalue weighted by Crippen LogP contribution is -2.36. The predicted molar refractivity (Wildman–Crippen MR) is 90.0 cm³/mol. The normalized spacial score (nSPS) is 11.1. The van der Waals surface area contributed by atoms with Gasteiger partial charge in [0.1, 0.15) is 0 Å². The lowest BCUT2D eigenvalue weighted by molar-refractivity contribution is 1.02. The van der Waals surface area contributed by atoms with Crippen molar-refractivity contribution in [3.8, 4) is 0 Å². The first-order valence-electron chi connectivity index (χ1n) is 6.75. The molecule has 2 aromatic carbocycles. The Hall–Kier alpha value is -2.53. The summed E-state index contributed by atoms with van der Waals surface area (Å²) in [6, 6.07) is 15.8. The second-order valence-electron chi connectivity index (χ2n) is 4.96.